The maximum absolute atomic E-state index is 4.92. The molecule has 6 heteroatoms. The average Bonchev–Trinajstić information content (AvgIpc) is 2.70. The topological polar surface area (TPSA) is 48.5 Å². The number of rotatable bonds is 10. The van der Waals surface area contributed by atoms with Crippen LogP contribution in [0, 0.1) is 0 Å². The molecular formula is C20H40N4S2. The fraction of sp³-hybridized carbons (Fsp3) is 0.950. The van der Waals surface area contributed by atoms with Crippen LogP contribution in [0.15, 0.2) is 4.99 Å². The number of hydrogen-bond donors (Lipinski definition) is 3. The lowest BCUT2D eigenvalue weighted by atomic mass is 9.96. The molecule has 2 aliphatic rings. The minimum absolute atomic E-state index is 0.403. The van der Waals surface area contributed by atoms with E-state index in [4.69, 9.17) is 4.99 Å². The van der Waals surface area contributed by atoms with Crippen molar-refractivity contribution in [3.05, 3.63) is 0 Å². The van der Waals surface area contributed by atoms with Crippen LogP contribution in [0.5, 0.6) is 0 Å². The monoisotopic (exact) mass is 400 g/mol. The van der Waals surface area contributed by atoms with Gasteiger partial charge in [-0.15, -0.1) is 11.8 Å². The summed E-state index contributed by atoms with van der Waals surface area (Å²) in [5.41, 5.74) is 0.403. The molecule has 1 atom stereocenters. The van der Waals surface area contributed by atoms with Crippen LogP contribution < -0.4 is 16.0 Å². The first kappa shape index (κ1) is 22.4. The first-order valence-electron chi connectivity index (χ1n) is 10.7. The Bertz CT molecular complexity index is 380. The average molecular weight is 401 g/mol. The van der Waals surface area contributed by atoms with Crippen molar-refractivity contribution in [1.82, 2.24) is 16.0 Å². The van der Waals surface area contributed by atoms with Gasteiger partial charge in [0.1, 0.15) is 5.50 Å². The number of aliphatic imine (C=N–C) groups is 1. The first-order chi connectivity index (χ1) is 12.8. The second-order valence-electron chi connectivity index (χ2n) is 7.64. The second-order valence-corrected chi connectivity index (χ2v) is 9.37. The molecule has 0 aliphatic heterocycles. The van der Waals surface area contributed by atoms with Crippen LogP contribution in [0.2, 0.25) is 0 Å². The Hall–Kier alpha value is 0.0900. The Kier molecular flexibility index (Phi) is 12.2. The Morgan fingerprint density at radius 2 is 1.58 bits per heavy atom. The Balaban J connectivity index is 1.53. The normalized spacial score (nSPS) is 21.7. The zero-order chi connectivity index (χ0) is 18.5. The summed E-state index contributed by atoms with van der Waals surface area (Å²) in [4.78, 5) is 4.92. The molecule has 2 saturated carbocycles. The molecular weight excluding hydrogens is 360 g/mol. The lowest BCUT2D eigenvalue weighted by molar-refractivity contribution is 0.350. The molecule has 0 amide bonds. The summed E-state index contributed by atoms with van der Waals surface area (Å²) < 4.78 is 0. The molecule has 0 aromatic rings. The summed E-state index contributed by atoms with van der Waals surface area (Å²) in [5, 5.41) is 12.1. The van der Waals surface area contributed by atoms with Crippen molar-refractivity contribution in [1.29, 1.82) is 0 Å². The summed E-state index contributed by atoms with van der Waals surface area (Å²) in [6, 6.07) is 1.28. The van der Waals surface area contributed by atoms with Crippen molar-refractivity contribution in [3.8, 4) is 0 Å². The molecule has 1 unspecified atom stereocenters. The molecule has 2 aliphatic carbocycles. The SMILES string of the molecule is CS/C(=N\C1CCCCC1)NCCCCNC(NC1CCCCC1)SC. The third-order valence-electron chi connectivity index (χ3n) is 5.51. The van der Waals surface area contributed by atoms with Gasteiger partial charge >= 0.3 is 0 Å². The largest absolute Gasteiger partial charge is 0.365 e. The van der Waals surface area contributed by atoms with Gasteiger partial charge in [-0.05, 0) is 57.6 Å². The van der Waals surface area contributed by atoms with Gasteiger partial charge in [0.05, 0.1) is 6.04 Å². The van der Waals surface area contributed by atoms with E-state index in [0.717, 1.165) is 24.3 Å². The van der Waals surface area contributed by atoms with Gasteiger partial charge in [-0.2, -0.15) is 0 Å². The molecule has 0 bridgehead atoms. The summed E-state index contributed by atoms with van der Waals surface area (Å²) in [7, 11) is 0. The molecule has 2 fully saturated rings. The molecule has 3 N–H and O–H groups in total. The zero-order valence-electron chi connectivity index (χ0n) is 16.9. The summed E-state index contributed by atoms with van der Waals surface area (Å²) in [5.74, 6) is 0. The minimum Gasteiger partial charge on any atom is -0.365 e. The van der Waals surface area contributed by atoms with E-state index < -0.39 is 0 Å². The van der Waals surface area contributed by atoms with Gasteiger partial charge in [0.25, 0.3) is 0 Å². The molecule has 4 nitrogen and oxygen atoms in total. The van der Waals surface area contributed by atoms with Crippen molar-refractivity contribution in [2.24, 2.45) is 4.99 Å². The number of hydrogen-bond acceptors (Lipinski definition) is 5. The highest BCUT2D eigenvalue weighted by Crippen LogP contribution is 2.21. The van der Waals surface area contributed by atoms with Crippen LogP contribution >= 0.6 is 23.5 Å². The fourth-order valence-corrected chi connectivity index (χ4v) is 5.03. The number of amidine groups is 1. The standard InChI is InChI=1S/C20H40N4S2/c1-25-19(23-17-11-5-3-6-12-17)21-15-9-10-16-22-20(26-2)24-18-13-7-4-8-14-18/h17-19,21,23H,3-16H2,1-2H3,(H,22,24). The van der Waals surface area contributed by atoms with E-state index in [2.05, 4.69) is 28.5 Å². The third-order valence-corrected chi connectivity index (χ3v) is 6.92. The second kappa shape index (κ2) is 14.1. The smallest absolute Gasteiger partial charge is 0.156 e. The maximum Gasteiger partial charge on any atom is 0.156 e. The van der Waals surface area contributed by atoms with Crippen molar-refractivity contribution in [3.63, 3.8) is 0 Å². The third kappa shape index (κ3) is 9.34. The van der Waals surface area contributed by atoms with E-state index in [1.807, 2.05) is 11.8 Å². The first-order valence-corrected chi connectivity index (χ1v) is 13.2. The summed E-state index contributed by atoms with van der Waals surface area (Å²) in [6.45, 7) is 2.12. The van der Waals surface area contributed by atoms with E-state index >= 15 is 0 Å². The van der Waals surface area contributed by atoms with Crippen molar-refractivity contribution in [2.45, 2.75) is 94.6 Å². The van der Waals surface area contributed by atoms with Crippen molar-refractivity contribution in [2.75, 3.05) is 25.6 Å². The van der Waals surface area contributed by atoms with Gasteiger partial charge < -0.3 is 5.32 Å². The van der Waals surface area contributed by atoms with Gasteiger partial charge in [0.15, 0.2) is 5.17 Å². The van der Waals surface area contributed by atoms with Gasteiger partial charge in [0, 0.05) is 12.6 Å². The quantitative estimate of drug-likeness (QED) is 0.217. The van der Waals surface area contributed by atoms with Crippen LogP contribution in [0.25, 0.3) is 0 Å². The highest BCUT2D eigenvalue weighted by Gasteiger charge is 2.16. The molecule has 0 saturated heterocycles. The van der Waals surface area contributed by atoms with E-state index in [1.54, 1.807) is 11.8 Å². The molecule has 0 aromatic heterocycles. The number of nitrogens with zero attached hydrogens (tertiary/aromatic N) is 1. The van der Waals surface area contributed by atoms with E-state index in [-0.39, 0.29) is 0 Å². The zero-order valence-corrected chi connectivity index (χ0v) is 18.5. The van der Waals surface area contributed by atoms with E-state index in [9.17, 15) is 0 Å². The van der Waals surface area contributed by atoms with E-state index in [1.165, 1.54) is 77.0 Å². The number of thioether (sulfide) groups is 2. The summed E-state index contributed by atoms with van der Waals surface area (Å²) in [6.07, 6.45) is 20.3. The van der Waals surface area contributed by atoms with E-state index in [0.29, 0.717) is 11.5 Å². The molecule has 0 radical (unpaired) electrons. The van der Waals surface area contributed by atoms with Crippen molar-refractivity contribution >= 4 is 28.7 Å². The fourth-order valence-electron chi connectivity index (χ4n) is 3.92. The molecule has 26 heavy (non-hydrogen) atoms. The lowest BCUT2D eigenvalue weighted by Crippen LogP contribution is -2.46. The van der Waals surface area contributed by atoms with Gasteiger partial charge in [0.2, 0.25) is 0 Å². The highest BCUT2D eigenvalue weighted by molar-refractivity contribution is 8.13. The Labute approximate surface area is 169 Å². The van der Waals surface area contributed by atoms with Crippen LogP contribution in [-0.2, 0) is 0 Å². The number of nitrogens with one attached hydrogen (secondary N) is 3. The maximum atomic E-state index is 4.92. The van der Waals surface area contributed by atoms with Crippen molar-refractivity contribution < 1.29 is 0 Å². The Morgan fingerprint density at radius 1 is 0.923 bits per heavy atom. The molecule has 2 rings (SSSR count). The summed E-state index contributed by atoms with van der Waals surface area (Å²) >= 11 is 3.66. The van der Waals surface area contributed by atoms with Gasteiger partial charge in [-0.25, -0.2) is 0 Å². The van der Waals surface area contributed by atoms with Crippen LogP contribution in [0.3, 0.4) is 0 Å². The molecule has 0 aromatic carbocycles. The number of unbranched alkanes of at least 4 members (excludes halogenated alkanes) is 1. The van der Waals surface area contributed by atoms with Crippen LogP contribution in [-0.4, -0.2) is 48.4 Å². The predicted molar refractivity (Wildman–Crippen MR) is 120 cm³/mol. The predicted octanol–water partition coefficient (Wildman–Crippen LogP) is 4.57. The van der Waals surface area contributed by atoms with Crippen LogP contribution in [0.1, 0.15) is 77.0 Å². The lowest BCUT2D eigenvalue weighted by Gasteiger charge is -2.28. The molecule has 152 valence electrons. The Morgan fingerprint density at radius 3 is 2.23 bits per heavy atom. The molecule has 0 spiro atoms. The molecule has 0 heterocycles. The minimum atomic E-state index is 0.403. The van der Waals surface area contributed by atoms with Gasteiger partial charge in [-0.1, -0.05) is 50.3 Å². The highest BCUT2D eigenvalue weighted by atomic mass is 32.2. The van der Waals surface area contributed by atoms with Crippen LogP contribution in [0.4, 0.5) is 0 Å². The van der Waals surface area contributed by atoms with Gasteiger partial charge in [-0.3, -0.25) is 15.6 Å².